The molecule has 146 valence electrons. The largest absolute Gasteiger partial charge is 0.347 e. The third-order valence-electron chi connectivity index (χ3n) is 5.46. The van der Waals surface area contributed by atoms with Crippen molar-refractivity contribution >= 4 is 28.6 Å². The van der Waals surface area contributed by atoms with Gasteiger partial charge in [0.25, 0.3) is 17.3 Å². The van der Waals surface area contributed by atoms with Crippen LogP contribution in [-0.2, 0) is 0 Å². The molecule has 1 atom stereocenters. The Labute approximate surface area is 164 Å². The molecule has 1 amide bonds. The fourth-order valence-electron chi connectivity index (χ4n) is 4.05. The maximum absolute atomic E-state index is 12.7. The van der Waals surface area contributed by atoms with Gasteiger partial charge < -0.3 is 10.2 Å². The van der Waals surface area contributed by atoms with E-state index in [0.717, 1.165) is 43.8 Å². The predicted octanol–water partition coefficient (Wildman–Crippen LogP) is 3.06. The van der Waals surface area contributed by atoms with E-state index in [-0.39, 0.29) is 28.9 Å². The number of piperidine rings is 3. The molecule has 3 fully saturated rings. The zero-order chi connectivity index (χ0) is 19.8. The first-order valence-corrected chi connectivity index (χ1v) is 9.81. The highest BCUT2D eigenvalue weighted by Crippen LogP contribution is 2.41. The summed E-state index contributed by atoms with van der Waals surface area (Å²) in [5.41, 5.74) is -0.759. The van der Waals surface area contributed by atoms with Gasteiger partial charge in [-0.25, -0.2) is 0 Å². The first-order valence-electron chi connectivity index (χ1n) is 8.99. The van der Waals surface area contributed by atoms with Crippen molar-refractivity contribution in [1.82, 2.24) is 10.2 Å². The second-order valence-corrected chi connectivity index (χ2v) is 8.15. The minimum Gasteiger partial charge on any atom is -0.347 e. The second-order valence-electron chi connectivity index (χ2n) is 7.07. The van der Waals surface area contributed by atoms with Crippen molar-refractivity contribution in [2.24, 2.45) is 5.92 Å². The SMILES string of the molecule is O=C(NC1CN2CCC1CC2)c1ccc(-c2c([N+](=O)[O-])cccc2[N+](=O)[O-])s1. The predicted molar refractivity (Wildman–Crippen MR) is 103 cm³/mol. The van der Waals surface area contributed by atoms with Crippen LogP contribution in [-0.4, -0.2) is 46.3 Å². The Bertz CT molecular complexity index is 919. The Hall–Kier alpha value is -2.85. The summed E-state index contributed by atoms with van der Waals surface area (Å²) in [6.07, 6.45) is 2.14. The molecule has 0 aliphatic carbocycles. The first kappa shape index (κ1) is 18.5. The average Bonchev–Trinajstić information content (AvgIpc) is 3.18. The number of carbonyl (C=O) groups is 1. The van der Waals surface area contributed by atoms with Crippen molar-refractivity contribution in [2.45, 2.75) is 18.9 Å². The number of benzene rings is 1. The maximum Gasteiger partial charge on any atom is 0.284 e. The molecule has 3 saturated heterocycles. The first-order chi connectivity index (χ1) is 13.4. The molecule has 0 saturated carbocycles. The highest BCUT2D eigenvalue weighted by atomic mass is 32.1. The number of fused-ring (bicyclic) bond motifs is 3. The Balaban J connectivity index is 1.60. The number of nitrogens with zero attached hydrogens (tertiary/aromatic N) is 3. The van der Waals surface area contributed by atoms with Gasteiger partial charge in [0.05, 0.1) is 14.7 Å². The van der Waals surface area contributed by atoms with Crippen molar-refractivity contribution in [3.8, 4) is 10.4 Å². The quantitative estimate of drug-likeness (QED) is 0.606. The molecule has 3 aliphatic rings. The summed E-state index contributed by atoms with van der Waals surface area (Å²) < 4.78 is 0. The molecule has 10 heteroatoms. The Kier molecular flexibility index (Phi) is 4.82. The minimum atomic E-state index is -0.644. The fourth-order valence-corrected chi connectivity index (χ4v) is 5.02. The number of hydrogen-bond donors (Lipinski definition) is 1. The van der Waals surface area contributed by atoms with Crippen LogP contribution in [0.3, 0.4) is 0 Å². The van der Waals surface area contributed by atoms with Gasteiger partial charge in [-0.3, -0.25) is 25.0 Å². The van der Waals surface area contributed by atoms with Crippen LogP contribution in [0.2, 0.25) is 0 Å². The molecule has 0 spiro atoms. The molecular weight excluding hydrogens is 384 g/mol. The lowest BCUT2D eigenvalue weighted by Crippen LogP contribution is -2.57. The van der Waals surface area contributed by atoms with Gasteiger partial charge >= 0.3 is 0 Å². The Morgan fingerprint density at radius 3 is 2.25 bits per heavy atom. The normalized spacial score (nSPS) is 23.4. The van der Waals surface area contributed by atoms with Gasteiger partial charge in [-0.15, -0.1) is 11.3 Å². The second kappa shape index (κ2) is 7.28. The van der Waals surface area contributed by atoms with Gasteiger partial charge in [0, 0.05) is 29.6 Å². The summed E-state index contributed by atoms with van der Waals surface area (Å²) in [4.78, 5) is 37.2. The van der Waals surface area contributed by atoms with E-state index < -0.39 is 9.85 Å². The van der Waals surface area contributed by atoms with Gasteiger partial charge in [-0.1, -0.05) is 0 Å². The van der Waals surface area contributed by atoms with E-state index in [9.17, 15) is 25.0 Å². The number of hydrogen-bond acceptors (Lipinski definition) is 7. The van der Waals surface area contributed by atoms with E-state index in [1.165, 1.54) is 24.3 Å². The van der Waals surface area contributed by atoms with Gasteiger partial charge in [0.1, 0.15) is 5.56 Å². The van der Waals surface area contributed by atoms with Crippen LogP contribution in [0.5, 0.6) is 0 Å². The van der Waals surface area contributed by atoms with Gasteiger partial charge in [-0.2, -0.15) is 0 Å². The molecule has 3 aliphatic heterocycles. The number of nitrogens with one attached hydrogen (secondary N) is 1. The maximum atomic E-state index is 12.7. The van der Waals surface area contributed by atoms with Crippen LogP contribution in [0.4, 0.5) is 11.4 Å². The lowest BCUT2D eigenvalue weighted by molar-refractivity contribution is -0.392. The molecule has 5 rings (SSSR count). The monoisotopic (exact) mass is 402 g/mol. The third-order valence-corrected chi connectivity index (χ3v) is 6.56. The van der Waals surface area contributed by atoms with E-state index in [2.05, 4.69) is 10.2 Å². The number of nitro groups is 2. The lowest BCUT2D eigenvalue weighted by Gasteiger charge is -2.44. The van der Waals surface area contributed by atoms with E-state index in [1.54, 1.807) is 6.07 Å². The summed E-state index contributed by atoms with van der Waals surface area (Å²) in [7, 11) is 0. The third kappa shape index (κ3) is 3.36. The number of rotatable bonds is 5. The molecule has 4 heterocycles. The van der Waals surface area contributed by atoms with Crippen LogP contribution in [0.1, 0.15) is 22.5 Å². The summed E-state index contributed by atoms with van der Waals surface area (Å²) in [6.45, 7) is 2.98. The van der Waals surface area contributed by atoms with Crippen molar-refractivity contribution in [3.05, 3.63) is 55.4 Å². The summed E-state index contributed by atoms with van der Waals surface area (Å²) >= 11 is 1.03. The van der Waals surface area contributed by atoms with Gasteiger partial charge in [0.2, 0.25) is 0 Å². The molecule has 1 N–H and O–H groups in total. The summed E-state index contributed by atoms with van der Waals surface area (Å²) in [6, 6.07) is 6.95. The topological polar surface area (TPSA) is 119 Å². The molecule has 28 heavy (non-hydrogen) atoms. The lowest BCUT2D eigenvalue weighted by atomic mass is 9.84. The molecule has 2 aromatic rings. The minimum absolute atomic E-state index is 0.0654. The molecular formula is C18H18N4O5S. The highest BCUT2D eigenvalue weighted by Gasteiger charge is 2.35. The Morgan fingerprint density at radius 1 is 1.07 bits per heavy atom. The van der Waals surface area contributed by atoms with E-state index in [1.807, 2.05) is 0 Å². The van der Waals surface area contributed by atoms with Crippen LogP contribution in [0, 0.1) is 26.1 Å². The molecule has 1 unspecified atom stereocenters. The summed E-state index contributed by atoms with van der Waals surface area (Å²) in [5, 5.41) is 25.8. The number of carbonyl (C=O) groups excluding carboxylic acids is 1. The highest BCUT2D eigenvalue weighted by molar-refractivity contribution is 7.17. The smallest absolute Gasteiger partial charge is 0.284 e. The molecule has 1 aromatic heterocycles. The van der Waals surface area contributed by atoms with Gasteiger partial charge in [0.15, 0.2) is 0 Å². The zero-order valence-electron chi connectivity index (χ0n) is 14.9. The molecule has 0 radical (unpaired) electrons. The molecule has 9 nitrogen and oxygen atoms in total. The molecule has 1 aromatic carbocycles. The van der Waals surface area contributed by atoms with Crippen molar-refractivity contribution < 1.29 is 14.6 Å². The van der Waals surface area contributed by atoms with E-state index in [0.29, 0.717) is 15.7 Å². The number of nitro benzene ring substituents is 2. The van der Waals surface area contributed by atoms with Crippen LogP contribution in [0.25, 0.3) is 10.4 Å². The zero-order valence-corrected chi connectivity index (χ0v) is 15.7. The Morgan fingerprint density at radius 2 is 1.71 bits per heavy atom. The van der Waals surface area contributed by atoms with Crippen molar-refractivity contribution in [2.75, 3.05) is 19.6 Å². The van der Waals surface area contributed by atoms with Crippen LogP contribution >= 0.6 is 11.3 Å². The van der Waals surface area contributed by atoms with Crippen LogP contribution in [0.15, 0.2) is 30.3 Å². The van der Waals surface area contributed by atoms with Crippen LogP contribution < -0.4 is 5.32 Å². The van der Waals surface area contributed by atoms with E-state index in [4.69, 9.17) is 0 Å². The average molecular weight is 402 g/mol. The standard InChI is InChI=1S/C18H18N4O5S/c23-18(19-12-10-20-8-6-11(12)7-9-20)16-5-4-15(28-16)17-13(21(24)25)2-1-3-14(17)22(26)27/h1-5,11-12H,6-10H2,(H,19,23). The van der Waals surface area contributed by atoms with Crippen molar-refractivity contribution in [1.29, 1.82) is 0 Å². The van der Waals surface area contributed by atoms with E-state index >= 15 is 0 Å². The van der Waals surface area contributed by atoms with Gasteiger partial charge in [-0.05, 0) is 50.0 Å². The number of thiophene rings is 1. The fraction of sp³-hybridized carbons (Fsp3) is 0.389. The van der Waals surface area contributed by atoms with Crippen molar-refractivity contribution in [3.63, 3.8) is 0 Å². The summed E-state index contributed by atoms with van der Waals surface area (Å²) in [5.74, 6) is 0.237. The molecule has 2 bridgehead atoms. The number of amides is 1.